The van der Waals surface area contributed by atoms with Crippen molar-refractivity contribution in [2.75, 3.05) is 0 Å². The number of carbonyl (C=O) groups is 1. The van der Waals surface area contributed by atoms with E-state index in [9.17, 15) is 4.79 Å². The van der Waals surface area contributed by atoms with Gasteiger partial charge < -0.3 is 5.32 Å². The monoisotopic (exact) mass is 338 g/mol. The van der Waals surface area contributed by atoms with E-state index < -0.39 is 6.04 Å². The minimum absolute atomic E-state index is 0.0966. The minimum atomic E-state index is -0.404. The van der Waals surface area contributed by atoms with Gasteiger partial charge >= 0.3 is 0 Å². The molecule has 7 heteroatoms. The average Bonchev–Trinajstić information content (AvgIpc) is 3.23. The van der Waals surface area contributed by atoms with Gasteiger partial charge in [-0.25, -0.2) is 14.3 Å². The van der Waals surface area contributed by atoms with E-state index in [0.717, 1.165) is 22.6 Å². The summed E-state index contributed by atoms with van der Waals surface area (Å²) >= 11 is 0. The standard InChI is InChI=1S/C18H22N6O/c1-12-9-13(2)24(22-12)17-7-5-16(6-8-17)14(3)21-18(25)15(4)23-11-19-10-20-23/h5-11,14-15H,1-4H3,(H,21,25)/t14-,15-/m1/s1. The Morgan fingerprint density at radius 3 is 2.44 bits per heavy atom. The quantitative estimate of drug-likeness (QED) is 0.775. The van der Waals surface area contributed by atoms with Crippen LogP contribution in [0.25, 0.3) is 5.69 Å². The molecular weight excluding hydrogens is 316 g/mol. The van der Waals surface area contributed by atoms with Crippen molar-refractivity contribution in [1.82, 2.24) is 29.9 Å². The number of nitrogens with one attached hydrogen (secondary N) is 1. The molecule has 0 aliphatic carbocycles. The van der Waals surface area contributed by atoms with E-state index in [1.54, 1.807) is 6.92 Å². The van der Waals surface area contributed by atoms with Crippen LogP contribution < -0.4 is 5.32 Å². The van der Waals surface area contributed by atoms with Gasteiger partial charge in [0.2, 0.25) is 5.91 Å². The first-order chi connectivity index (χ1) is 12.0. The second kappa shape index (κ2) is 6.88. The molecule has 0 aliphatic heterocycles. The van der Waals surface area contributed by atoms with Crippen LogP contribution in [0.4, 0.5) is 0 Å². The van der Waals surface area contributed by atoms with Gasteiger partial charge in [0.25, 0.3) is 0 Å². The van der Waals surface area contributed by atoms with Gasteiger partial charge in [0.05, 0.1) is 17.4 Å². The van der Waals surface area contributed by atoms with Crippen molar-refractivity contribution >= 4 is 5.91 Å². The SMILES string of the molecule is Cc1cc(C)n(-c2ccc([C@@H](C)NC(=O)[C@@H](C)n3cncn3)cc2)n1. The van der Waals surface area contributed by atoms with Gasteiger partial charge in [0.1, 0.15) is 18.7 Å². The molecule has 2 atom stereocenters. The number of benzene rings is 1. The number of hydrogen-bond donors (Lipinski definition) is 1. The highest BCUT2D eigenvalue weighted by Gasteiger charge is 2.18. The Morgan fingerprint density at radius 1 is 1.16 bits per heavy atom. The summed E-state index contributed by atoms with van der Waals surface area (Å²) in [5, 5.41) is 11.5. The Kier molecular flexibility index (Phi) is 4.65. The molecule has 0 unspecified atom stereocenters. The molecular formula is C18H22N6O. The summed E-state index contributed by atoms with van der Waals surface area (Å²) in [7, 11) is 0. The highest BCUT2D eigenvalue weighted by atomic mass is 16.2. The predicted octanol–water partition coefficient (Wildman–Crippen LogP) is 2.52. The first-order valence-corrected chi connectivity index (χ1v) is 8.24. The third kappa shape index (κ3) is 3.60. The molecule has 25 heavy (non-hydrogen) atoms. The van der Waals surface area contributed by atoms with Crippen LogP contribution in [-0.4, -0.2) is 30.5 Å². The fraction of sp³-hybridized carbons (Fsp3) is 0.333. The highest BCUT2D eigenvalue weighted by Crippen LogP contribution is 2.18. The average molecular weight is 338 g/mol. The maximum absolute atomic E-state index is 12.3. The first kappa shape index (κ1) is 16.9. The maximum Gasteiger partial charge on any atom is 0.245 e. The van der Waals surface area contributed by atoms with E-state index in [1.807, 2.05) is 55.8 Å². The zero-order chi connectivity index (χ0) is 18.0. The van der Waals surface area contributed by atoms with Crippen molar-refractivity contribution in [3.8, 4) is 5.69 Å². The molecule has 0 radical (unpaired) electrons. The van der Waals surface area contributed by atoms with Gasteiger partial charge in [-0.15, -0.1) is 0 Å². The van der Waals surface area contributed by atoms with Crippen LogP contribution >= 0.6 is 0 Å². The number of rotatable bonds is 5. The lowest BCUT2D eigenvalue weighted by molar-refractivity contribution is -0.124. The summed E-state index contributed by atoms with van der Waals surface area (Å²) in [6.07, 6.45) is 2.96. The van der Waals surface area contributed by atoms with Crippen LogP contribution in [0.1, 0.15) is 42.9 Å². The van der Waals surface area contributed by atoms with E-state index in [2.05, 4.69) is 20.5 Å². The van der Waals surface area contributed by atoms with E-state index in [0.29, 0.717) is 0 Å². The molecule has 1 N–H and O–H groups in total. The third-order valence-electron chi connectivity index (χ3n) is 4.22. The molecule has 0 saturated carbocycles. The minimum Gasteiger partial charge on any atom is -0.348 e. The van der Waals surface area contributed by atoms with Crippen LogP contribution in [-0.2, 0) is 4.79 Å². The fourth-order valence-electron chi connectivity index (χ4n) is 2.75. The van der Waals surface area contributed by atoms with Crippen LogP contribution in [0.2, 0.25) is 0 Å². The Balaban J connectivity index is 1.69. The normalized spacial score (nSPS) is 13.4. The van der Waals surface area contributed by atoms with Crippen molar-refractivity contribution in [3.05, 3.63) is 59.9 Å². The van der Waals surface area contributed by atoms with Crippen molar-refractivity contribution < 1.29 is 4.79 Å². The molecule has 2 aromatic heterocycles. The lowest BCUT2D eigenvalue weighted by atomic mass is 10.1. The molecule has 0 aliphatic rings. The summed E-state index contributed by atoms with van der Waals surface area (Å²) < 4.78 is 3.45. The second-order valence-corrected chi connectivity index (χ2v) is 6.21. The molecule has 0 saturated heterocycles. The van der Waals surface area contributed by atoms with Crippen LogP contribution in [0, 0.1) is 13.8 Å². The van der Waals surface area contributed by atoms with Crippen LogP contribution in [0.15, 0.2) is 43.0 Å². The van der Waals surface area contributed by atoms with E-state index in [4.69, 9.17) is 0 Å². The van der Waals surface area contributed by atoms with Gasteiger partial charge in [-0.05, 0) is 51.5 Å². The Hall–Kier alpha value is -2.96. The number of aryl methyl sites for hydroxylation is 2. The lowest BCUT2D eigenvalue weighted by Crippen LogP contribution is -2.33. The van der Waals surface area contributed by atoms with Crippen molar-refractivity contribution in [1.29, 1.82) is 0 Å². The van der Waals surface area contributed by atoms with Gasteiger partial charge in [-0.2, -0.15) is 10.2 Å². The molecule has 3 rings (SSSR count). The second-order valence-electron chi connectivity index (χ2n) is 6.21. The number of carbonyl (C=O) groups excluding carboxylic acids is 1. The molecule has 0 fully saturated rings. The molecule has 3 aromatic rings. The number of aromatic nitrogens is 5. The van der Waals surface area contributed by atoms with E-state index in [1.165, 1.54) is 17.3 Å². The summed E-state index contributed by atoms with van der Waals surface area (Å²) in [6.45, 7) is 7.76. The van der Waals surface area contributed by atoms with E-state index >= 15 is 0 Å². The number of nitrogens with zero attached hydrogens (tertiary/aromatic N) is 5. The van der Waals surface area contributed by atoms with Gasteiger partial charge in [-0.3, -0.25) is 4.79 Å². The largest absolute Gasteiger partial charge is 0.348 e. The van der Waals surface area contributed by atoms with Gasteiger partial charge in [0.15, 0.2) is 0 Å². The summed E-state index contributed by atoms with van der Waals surface area (Å²) in [6, 6.07) is 9.58. The van der Waals surface area contributed by atoms with E-state index in [-0.39, 0.29) is 11.9 Å². The van der Waals surface area contributed by atoms with Crippen molar-refractivity contribution in [3.63, 3.8) is 0 Å². The molecule has 1 amide bonds. The van der Waals surface area contributed by atoms with Crippen molar-refractivity contribution in [2.24, 2.45) is 0 Å². The van der Waals surface area contributed by atoms with Gasteiger partial charge in [0, 0.05) is 5.69 Å². The molecule has 7 nitrogen and oxygen atoms in total. The first-order valence-electron chi connectivity index (χ1n) is 8.24. The molecule has 0 spiro atoms. The van der Waals surface area contributed by atoms with Crippen LogP contribution in [0.5, 0.6) is 0 Å². The predicted molar refractivity (Wildman–Crippen MR) is 94.3 cm³/mol. The lowest BCUT2D eigenvalue weighted by Gasteiger charge is -2.18. The zero-order valence-electron chi connectivity index (χ0n) is 14.8. The number of amides is 1. The van der Waals surface area contributed by atoms with Gasteiger partial charge in [-0.1, -0.05) is 12.1 Å². The molecule has 0 bridgehead atoms. The van der Waals surface area contributed by atoms with Crippen LogP contribution in [0.3, 0.4) is 0 Å². The topological polar surface area (TPSA) is 77.6 Å². The summed E-state index contributed by atoms with van der Waals surface area (Å²) in [4.78, 5) is 16.2. The maximum atomic E-state index is 12.3. The molecule has 2 heterocycles. The number of hydrogen-bond acceptors (Lipinski definition) is 4. The smallest absolute Gasteiger partial charge is 0.245 e. The summed E-state index contributed by atoms with van der Waals surface area (Å²) in [5.74, 6) is -0.0966. The molecule has 1 aromatic carbocycles. The summed E-state index contributed by atoms with van der Waals surface area (Å²) in [5.41, 5.74) is 4.12. The third-order valence-corrected chi connectivity index (χ3v) is 4.22. The Bertz CT molecular complexity index is 850. The Morgan fingerprint density at radius 2 is 1.88 bits per heavy atom. The highest BCUT2D eigenvalue weighted by molar-refractivity contribution is 5.80. The fourth-order valence-corrected chi connectivity index (χ4v) is 2.75. The molecule has 130 valence electrons. The van der Waals surface area contributed by atoms with Crippen molar-refractivity contribution in [2.45, 2.75) is 39.8 Å². The zero-order valence-corrected chi connectivity index (χ0v) is 14.8. The Labute approximate surface area is 146 Å².